The van der Waals surface area contributed by atoms with Gasteiger partial charge < -0.3 is 9.47 Å². The monoisotopic (exact) mass is 462 g/mol. The Hall–Kier alpha value is -0.890. The first kappa shape index (κ1) is 31.1. The second-order valence-electron chi connectivity index (χ2n) is 8.39. The predicted octanol–water partition coefficient (Wildman–Crippen LogP) is 7.72. The Morgan fingerprint density at radius 3 is 1.28 bits per heavy atom. The van der Waals surface area contributed by atoms with Crippen LogP contribution < -0.4 is 0 Å². The van der Waals surface area contributed by atoms with Crippen molar-refractivity contribution >= 4 is 6.16 Å². The van der Waals surface area contributed by atoms with Gasteiger partial charge in [0, 0.05) is 11.8 Å². The quantitative estimate of drug-likeness (QED) is 0.0536. The molecule has 7 heteroatoms. The fourth-order valence-electron chi connectivity index (χ4n) is 3.24. The lowest BCUT2D eigenvalue weighted by Gasteiger charge is -2.28. The van der Waals surface area contributed by atoms with E-state index in [-0.39, 0.29) is 11.8 Å². The normalized spacial score (nSPS) is 15.2. The molecule has 0 aromatic carbocycles. The second kappa shape index (κ2) is 21.9. The fraction of sp³-hybridized carbons (Fsp3) is 0.960. The molecule has 0 fully saturated rings. The highest BCUT2D eigenvalue weighted by atomic mass is 17.2. The highest BCUT2D eigenvalue weighted by Gasteiger charge is 2.31. The first-order chi connectivity index (χ1) is 15.6. The van der Waals surface area contributed by atoms with Crippen molar-refractivity contribution in [3.05, 3.63) is 0 Å². The summed E-state index contributed by atoms with van der Waals surface area (Å²) in [5.41, 5.74) is 0. The highest BCUT2D eigenvalue weighted by molar-refractivity contribution is 5.60. The summed E-state index contributed by atoms with van der Waals surface area (Å²) >= 11 is 0. The summed E-state index contributed by atoms with van der Waals surface area (Å²) in [6.07, 6.45) is 8.87. The molecule has 0 aliphatic rings. The molecule has 4 atom stereocenters. The zero-order valence-corrected chi connectivity index (χ0v) is 21.6. The molecule has 4 unspecified atom stereocenters. The van der Waals surface area contributed by atoms with E-state index in [0.29, 0.717) is 13.2 Å². The molecular formula is C25H50O7. The molecule has 0 aliphatic heterocycles. The number of hydrogen-bond acceptors (Lipinski definition) is 7. The van der Waals surface area contributed by atoms with Crippen LogP contribution in [0.15, 0.2) is 0 Å². The van der Waals surface area contributed by atoms with Gasteiger partial charge in [0.15, 0.2) is 0 Å². The van der Waals surface area contributed by atoms with Crippen LogP contribution in [-0.4, -0.2) is 31.9 Å². The van der Waals surface area contributed by atoms with Crippen molar-refractivity contribution in [3.63, 3.8) is 0 Å². The van der Waals surface area contributed by atoms with Gasteiger partial charge in [0.1, 0.15) is 0 Å². The Balaban J connectivity index is 5.10. The lowest BCUT2D eigenvalue weighted by atomic mass is 9.99. The summed E-state index contributed by atoms with van der Waals surface area (Å²) in [4.78, 5) is 34.4. The molecule has 0 N–H and O–H groups in total. The van der Waals surface area contributed by atoms with E-state index >= 15 is 0 Å². The van der Waals surface area contributed by atoms with Crippen LogP contribution in [0.5, 0.6) is 0 Å². The molecule has 0 saturated carbocycles. The maximum Gasteiger partial charge on any atom is 0.513 e. The van der Waals surface area contributed by atoms with Gasteiger partial charge in [-0.05, 0) is 38.5 Å². The molecule has 0 spiro atoms. The average Bonchev–Trinajstić information content (AvgIpc) is 2.79. The Bertz CT molecular complexity index is 383. The third-order valence-corrected chi connectivity index (χ3v) is 5.59. The average molecular weight is 463 g/mol. The topological polar surface area (TPSA) is 72.5 Å². The number of unbranched alkanes of at least 4 members (excludes halogenated alkanes) is 4. The van der Waals surface area contributed by atoms with Crippen molar-refractivity contribution in [2.75, 3.05) is 13.2 Å². The number of rotatable bonds is 22. The first-order valence-corrected chi connectivity index (χ1v) is 13.0. The standard InChI is InChI=1S/C25H50O7/c1-7-13-17-21(11-5)23(31-27-19-15-9-3)29-25(26)30-24(32-28-20-16-10-4)22(12-6)18-14-8-2/h21-24H,7-20H2,1-6H3. The molecule has 32 heavy (non-hydrogen) atoms. The maximum atomic E-state index is 12.7. The molecule has 0 radical (unpaired) electrons. The lowest BCUT2D eigenvalue weighted by Crippen LogP contribution is -2.35. The van der Waals surface area contributed by atoms with Crippen molar-refractivity contribution in [2.24, 2.45) is 11.8 Å². The molecular weight excluding hydrogens is 412 g/mol. The van der Waals surface area contributed by atoms with E-state index in [4.69, 9.17) is 29.0 Å². The molecule has 0 aromatic heterocycles. The van der Waals surface area contributed by atoms with E-state index in [1.165, 1.54) is 0 Å². The summed E-state index contributed by atoms with van der Waals surface area (Å²) in [7, 11) is 0. The third-order valence-electron chi connectivity index (χ3n) is 5.59. The van der Waals surface area contributed by atoms with Crippen LogP contribution in [0.25, 0.3) is 0 Å². The van der Waals surface area contributed by atoms with Gasteiger partial charge in [-0.3, -0.25) is 0 Å². The molecule has 0 amide bonds. The SMILES string of the molecule is CCCCOOC(OC(=O)OC(OOCCCC)C(CC)CCCC)C(CC)CCCC. The molecule has 0 saturated heterocycles. The fourth-order valence-corrected chi connectivity index (χ4v) is 3.24. The van der Waals surface area contributed by atoms with Crippen LogP contribution >= 0.6 is 0 Å². The van der Waals surface area contributed by atoms with E-state index < -0.39 is 18.7 Å². The van der Waals surface area contributed by atoms with Crippen molar-refractivity contribution in [3.8, 4) is 0 Å². The Morgan fingerprint density at radius 1 is 0.594 bits per heavy atom. The third kappa shape index (κ3) is 15.0. The van der Waals surface area contributed by atoms with Crippen molar-refractivity contribution in [2.45, 2.75) is 131 Å². The molecule has 7 nitrogen and oxygen atoms in total. The molecule has 0 heterocycles. The van der Waals surface area contributed by atoms with Crippen LogP contribution in [0.3, 0.4) is 0 Å². The van der Waals surface area contributed by atoms with Gasteiger partial charge >= 0.3 is 6.16 Å². The molecule has 0 aliphatic carbocycles. The van der Waals surface area contributed by atoms with E-state index in [9.17, 15) is 4.79 Å². The zero-order valence-electron chi connectivity index (χ0n) is 21.6. The smallest absolute Gasteiger partial charge is 0.401 e. The van der Waals surface area contributed by atoms with Crippen LogP contribution in [0.1, 0.15) is 119 Å². The number of carbonyl (C=O) groups excluding carboxylic acids is 1. The van der Waals surface area contributed by atoms with Gasteiger partial charge in [0.25, 0.3) is 0 Å². The Kier molecular flexibility index (Phi) is 21.3. The summed E-state index contributed by atoms with van der Waals surface area (Å²) < 4.78 is 11.2. The van der Waals surface area contributed by atoms with Crippen molar-refractivity contribution in [1.82, 2.24) is 0 Å². The number of ether oxygens (including phenoxy) is 2. The lowest BCUT2D eigenvalue weighted by molar-refractivity contribution is -0.397. The summed E-state index contributed by atoms with van der Waals surface area (Å²) in [5.74, 6) is 0.0673. The zero-order chi connectivity index (χ0) is 24.0. The number of hydrogen-bond donors (Lipinski definition) is 0. The van der Waals surface area contributed by atoms with Gasteiger partial charge in [-0.1, -0.05) is 80.1 Å². The van der Waals surface area contributed by atoms with E-state index in [1.54, 1.807) is 0 Å². The minimum absolute atomic E-state index is 0.0337. The van der Waals surface area contributed by atoms with Gasteiger partial charge in [0.05, 0.1) is 13.2 Å². The first-order valence-electron chi connectivity index (χ1n) is 13.0. The van der Waals surface area contributed by atoms with Crippen LogP contribution in [0.2, 0.25) is 0 Å². The maximum absolute atomic E-state index is 12.7. The largest absolute Gasteiger partial charge is 0.513 e. The van der Waals surface area contributed by atoms with Gasteiger partial charge in [-0.2, -0.15) is 9.78 Å². The summed E-state index contributed by atoms with van der Waals surface area (Å²) in [5, 5.41) is 0. The Morgan fingerprint density at radius 2 is 0.969 bits per heavy atom. The molecule has 192 valence electrons. The molecule has 0 bridgehead atoms. The van der Waals surface area contributed by atoms with Crippen molar-refractivity contribution in [1.29, 1.82) is 0 Å². The van der Waals surface area contributed by atoms with Crippen LogP contribution in [0.4, 0.5) is 4.79 Å². The van der Waals surface area contributed by atoms with E-state index in [2.05, 4.69) is 41.5 Å². The van der Waals surface area contributed by atoms with Crippen LogP contribution in [0, 0.1) is 11.8 Å². The van der Waals surface area contributed by atoms with Gasteiger partial charge in [-0.25, -0.2) is 14.6 Å². The molecule has 0 rings (SSSR count). The van der Waals surface area contributed by atoms with Gasteiger partial charge in [0.2, 0.25) is 12.6 Å². The van der Waals surface area contributed by atoms with Crippen molar-refractivity contribution < 1.29 is 33.8 Å². The summed E-state index contributed by atoms with van der Waals surface area (Å²) in [6.45, 7) is 13.5. The second-order valence-corrected chi connectivity index (χ2v) is 8.39. The Labute approximate surface area is 196 Å². The predicted molar refractivity (Wildman–Crippen MR) is 126 cm³/mol. The van der Waals surface area contributed by atoms with E-state index in [0.717, 1.165) is 77.0 Å². The summed E-state index contributed by atoms with van der Waals surface area (Å²) in [6, 6.07) is 0. The van der Waals surface area contributed by atoms with Gasteiger partial charge in [-0.15, -0.1) is 0 Å². The highest BCUT2D eigenvalue weighted by Crippen LogP contribution is 2.25. The number of carbonyl (C=O) groups is 1. The minimum atomic E-state index is -0.817. The van der Waals surface area contributed by atoms with E-state index in [1.807, 2.05) is 0 Å². The molecule has 0 aromatic rings. The minimum Gasteiger partial charge on any atom is -0.401 e. The van der Waals surface area contributed by atoms with Crippen LogP contribution in [-0.2, 0) is 29.0 Å².